The zero-order chi connectivity index (χ0) is 12.4. The molecule has 0 fully saturated rings. The third kappa shape index (κ3) is 2.19. The highest BCUT2D eigenvalue weighted by atomic mass is 79.9. The first-order valence-corrected chi connectivity index (χ1v) is 6.34. The Morgan fingerprint density at radius 1 is 0.944 bits per heavy atom. The first-order valence-electron chi connectivity index (χ1n) is 5.55. The molecule has 2 aromatic heterocycles. The first-order chi connectivity index (χ1) is 8.83. The molecule has 0 saturated carbocycles. The summed E-state index contributed by atoms with van der Waals surface area (Å²) < 4.78 is 2.85. The first kappa shape index (κ1) is 11.2. The van der Waals surface area contributed by atoms with Crippen molar-refractivity contribution in [1.82, 2.24) is 14.8 Å². The molecule has 0 saturated heterocycles. The third-order valence-electron chi connectivity index (χ3n) is 2.64. The summed E-state index contributed by atoms with van der Waals surface area (Å²) in [6.07, 6.45) is 5.58. The number of aromatic nitrogens is 3. The van der Waals surface area contributed by atoms with Crippen molar-refractivity contribution in [2.24, 2.45) is 0 Å². The fraction of sp³-hybridized carbons (Fsp3) is 0. The summed E-state index contributed by atoms with van der Waals surface area (Å²) in [5.74, 6) is 0.820. The van der Waals surface area contributed by atoms with Crippen LogP contribution < -0.4 is 0 Å². The minimum absolute atomic E-state index is 0.820. The van der Waals surface area contributed by atoms with Crippen LogP contribution in [0.15, 0.2) is 65.5 Å². The number of pyridine rings is 1. The van der Waals surface area contributed by atoms with Crippen LogP contribution in [-0.2, 0) is 0 Å². The van der Waals surface area contributed by atoms with Gasteiger partial charge in [-0.1, -0.05) is 34.1 Å². The topological polar surface area (TPSA) is 30.7 Å². The molecule has 3 nitrogen and oxygen atoms in total. The summed E-state index contributed by atoms with van der Waals surface area (Å²) in [6, 6.07) is 13.9. The smallest absolute Gasteiger partial charge is 0.153 e. The summed E-state index contributed by atoms with van der Waals surface area (Å²) in [7, 11) is 0. The SMILES string of the molecule is Brc1ccc(-c2cnn(-c3ccccn3)c2)cc1. The molecule has 0 bridgehead atoms. The van der Waals surface area contributed by atoms with Crippen LogP contribution in [0.2, 0.25) is 0 Å². The minimum Gasteiger partial charge on any atom is -0.237 e. The van der Waals surface area contributed by atoms with Crippen molar-refractivity contribution < 1.29 is 0 Å². The quantitative estimate of drug-likeness (QED) is 0.722. The summed E-state index contributed by atoms with van der Waals surface area (Å²) in [5, 5.41) is 4.33. The molecule has 2 heterocycles. The van der Waals surface area contributed by atoms with Gasteiger partial charge in [-0.05, 0) is 29.8 Å². The third-order valence-corrected chi connectivity index (χ3v) is 3.17. The van der Waals surface area contributed by atoms with E-state index in [1.54, 1.807) is 10.9 Å². The van der Waals surface area contributed by atoms with E-state index in [9.17, 15) is 0 Å². The lowest BCUT2D eigenvalue weighted by molar-refractivity contribution is 0.847. The van der Waals surface area contributed by atoms with Gasteiger partial charge in [0.25, 0.3) is 0 Å². The van der Waals surface area contributed by atoms with E-state index in [1.165, 1.54) is 0 Å². The van der Waals surface area contributed by atoms with E-state index >= 15 is 0 Å². The van der Waals surface area contributed by atoms with Crippen LogP contribution in [0.1, 0.15) is 0 Å². The highest BCUT2D eigenvalue weighted by Crippen LogP contribution is 2.21. The summed E-state index contributed by atoms with van der Waals surface area (Å²) >= 11 is 3.43. The molecule has 1 aromatic carbocycles. The van der Waals surface area contributed by atoms with E-state index in [2.05, 4.69) is 38.1 Å². The molecule has 3 aromatic rings. The van der Waals surface area contributed by atoms with Crippen LogP contribution in [0.3, 0.4) is 0 Å². The average Bonchev–Trinajstić information content (AvgIpc) is 2.90. The molecule has 0 aliphatic heterocycles. The van der Waals surface area contributed by atoms with Gasteiger partial charge in [0.05, 0.1) is 6.20 Å². The summed E-state index contributed by atoms with van der Waals surface area (Å²) in [4.78, 5) is 4.26. The molecule has 0 atom stereocenters. The molecule has 3 rings (SSSR count). The van der Waals surface area contributed by atoms with Crippen LogP contribution in [0.25, 0.3) is 16.9 Å². The monoisotopic (exact) mass is 299 g/mol. The average molecular weight is 300 g/mol. The fourth-order valence-electron chi connectivity index (χ4n) is 1.73. The summed E-state index contributed by atoms with van der Waals surface area (Å²) in [5.41, 5.74) is 2.22. The van der Waals surface area contributed by atoms with Crippen LogP contribution in [0.4, 0.5) is 0 Å². The molecule has 0 radical (unpaired) electrons. The Kier molecular flexibility index (Phi) is 2.94. The molecule has 18 heavy (non-hydrogen) atoms. The Hall–Kier alpha value is -1.94. The molecule has 0 unspecified atom stereocenters. The van der Waals surface area contributed by atoms with E-state index < -0.39 is 0 Å². The van der Waals surface area contributed by atoms with Crippen LogP contribution in [0, 0.1) is 0 Å². The molecular formula is C14H10BrN3. The van der Waals surface area contributed by atoms with Crippen molar-refractivity contribution >= 4 is 15.9 Å². The minimum atomic E-state index is 0.820. The second kappa shape index (κ2) is 4.74. The Bertz CT molecular complexity index is 644. The Labute approximate surface area is 113 Å². The maximum Gasteiger partial charge on any atom is 0.153 e. The molecule has 0 N–H and O–H groups in total. The van der Waals surface area contributed by atoms with Crippen molar-refractivity contribution in [2.45, 2.75) is 0 Å². The largest absolute Gasteiger partial charge is 0.237 e. The predicted molar refractivity (Wildman–Crippen MR) is 74.5 cm³/mol. The molecular weight excluding hydrogens is 290 g/mol. The molecule has 0 aliphatic rings. The van der Waals surface area contributed by atoms with Gasteiger partial charge < -0.3 is 0 Å². The van der Waals surface area contributed by atoms with E-state index in [4.69, 9.17) is 0 Å². The second-order valence-corrected chi connectivity index (χ2v) is 4.78. The Morgan fingerprint density at radius 3 is 2.50 bits per heavy atom. The highest BCUT2D eigenvalue weighted by Gasteiger charge is 2.03. The van der Waals surface area contributed by atoms with Gasteiger partial charge in [-0.25, -0.2) is 9.67 Å². The van der Waals surface area contributed by atoms with Crippen LogP contribution in [0.5, 0.6) is 0 Å². The van der Waals surface area contributed by atoms with Gasteiger partial charge in [-0.3, -0.25) is 0 Å². The zero-order valence-corrected chi connectivity index (χ0v) is 11.1. The van der Waals surface area contributed by atoms with Gasteiger partial charge in [0.1, 0.15) is 0 Å². The lowest BCUT2D eigenvalue weighted by atomic mass is 10.1. The van der Waals surface area contributed by atoms with Crippen molar-refractivity contribution in [3.8, 4) is 16.9 Å². The van der Waals surface area contributed by atoms with Gasteiger partial charge >= 0.3 is 0 Å². The number of hydrogen-bond donors (Lipinski definition) is 0. The number of halogens is 1. The normalized spacial score (nSPS) is 10.5. The number of hydrogen-bond acceptors (Lipinski definition) is 2. The van der Waals surface area contributed by atoms with E-state index in [0.29, 0.717) is 0 Å². The van der Waals surface area contributed by atoms with Gasteiger partial charge in [0.15, 0.2) is 5.82 Å². The van der Waals surface area contributed by atoms with E-state index in [-0.39, 0.29) is 0 Å². The van der Waals surface area contributed by atoms with Gasteiger partial charge in [-0.15, -0.1) is 0 Å². The van der Waals surface area contributed by atoms with Gasteiger partial charge in [-0.2, -0.15) is 5.10 Å². The number of rotatable bonds is 2. The second-order valence-electron chi connectivity index (χ2n) is 3.87. The number of benzene rings is 1. The fourth-order valence-corrected chi connectivity index (χ4v) is 1.99. The highest BCUT2D eigenvalue weighted by molar-refractivity contribution is 9.10. The Morgan fingerprint density at radius 2 is 1.78 bits per heavy atom. The lowest BCUT2D eigenvalue weighted by Gasteiger charge is -1.98. The van der Waals surface area contributed by atoms with Crippen molar-refractivity contribution in [2.75, 3.05) is 0 Å². The molecule has 88 valence electrons. The van der Waals surface area contributed by atoms with Crippen LogP contribution in [-0.4, -0.2) is 14.8 Å². The standard InChI is InChI=1S/C14H10BrN3/c15-13-6-4-11(5-7-13)12-9-17-18(10-12)14-3-1-2-8-16-14/h1-10H. The van der Waals surface area contributed by atoms with Gasteiger partial charge in [0, 0.05) is 22.4 Å². The van der Waals surface area contributed by atoms with E-state index in [1.807, 2.05) is 42.7 Å². The molecule has 4 heteroatoms. The lowest BCUT2D eigenvalue weighted by Crippen LogP contribution is -1.95. The number of nitrogens with zero attached hydrogens (tertiary/aromatic N) is 3. The van der Waals surface area contributed by atoms with Crippen molar-refractivity contribution in [3.05, 3.63) is 65.5 Å². The Balaban J connectivity index is 1.97. The maximum absolute atomic E-state index is 4.33. The molecule has 0 spiro atoms. The van der Waals surface area contributed by atoms with Crippen molar-refractivity contribution in [1.29, 1.82) is 0 Å². The molecule has 0 amide bonds. The summed E-state index contributed by atoms with van der Waals surface area (Å²) in [6.45, 7) is 0. The maximum atomic E-state index is 4.33. The zero-order valence-electron chi connectivity index (χ0n) is 9.49. The van der Waals surface area contributed by atoms with Crippen LogP contribution >= 0.6 is 15.9 Å². The predicted octanol–water partition coefficient (Wildman–Crippen LogP) is 3.70. The van der Waals surface area contributed by atoms with Gasteiger partial charge in [0.2, 0.25) is 0 Å². The molecule has 0 aliphatic carbocycles. The van der Waals surface area contributed by atoms with Crippen molar-refractivity contribution in [3.63, 3.8) is 0 Å². The van der Waals surface area contributed by atoms with E-state index in [0.717, 1.165) is 21.4 Å².